The fourth-order valence-corrected chi connectivity index (χ4v) is 5.07. The number of hydrogen-bond acceptors (Lipinski definition) is 5. The van der Waals surface area contributed by atoms with Crippen molar-refractivity contribution < 1.29 is 13.2 Å². The van der Waals surface area contributed by atoms with E-state index in [1.165, 1.54) is 10.6 Å². The molecule has 148 valence electrons. The van der Waals surface area contributed by atoms with E-state index >= 15 is 0 Å². The Morgan fingerprint density at radius 2 is 1.89 bits per heavy atom. The van der Waals surface area contributed by atoms with Crippen LogP contribution in [0.15, 0.2) is 60.0 Å². The van der Waals surface area contributed by atoms with Gasteiger partial charge in [0.15, 0.2) is 0 Å². The fourth-order valence-electron chi connectivity index (χ4n) is 3.14. The second-order valence-electron chi connectivity index (χ2n) is 6.49. The highest BCUT2D eigenvalue weighted by molar-refractivity contribution is 7.92. The molecule has 7 heteroatoms. The first-order valence-corrected chi connectivity index (χ1v) is 11.8. The number of hydrogen-bond donors (Lipinski definition) is 0. The quantitative estimate of drug-likeness (QED) is 0.544. The lowest BCUT2D eigenvalue weighted by Gasteiger charge is -2.31. The zero-order chi connectivity index (χ0) is 20.1. The number of benzene rings is 2. The zero-order valence-electron chi connectivity index (χ0n) is 16.2. The summed E-state index contributed by atoms with van der Waals surface area (Å²) in [5, 5.41) is 2.96. The summed E-state index contributed by atoms with van der Waals surface area (Å²) in [7, 11) is -2.00. The van der Waals surface area contributed by atoms with E-state index in [4.69, 9.17) is 9.72 Å². The van der Waals surface area contributed by atoms with Crippen LogP contribution in [0.5, 0.6) is 5.75 Å². The highest BCUT2D eigenvalue weighted by Crippen LogP contribution is 2.34. The summed E-state index contributed by atoms with van der Waals surface area (Å²) in [6.45, 7) is 2.05. The van der Waals surface area contributed by atoms with Crippen molar-refractivity contribution in [2.45, 2.75) is 25.8 Å². The molecule has 3 aromatic rings. The Morgan fingerprint density at radius 1 is 1.14 bits per heavy atom. The van der Waals surface area contributed by atoms with Crippen LogP contribution in [0.2, 0.25) is 0 Å². The fraction of sp³-hybridized carbons (Fsp3) is 0.286. The lowest BCUT2D eigenvalue weighted by Crippen LogP contribution is -2.35. The van der Waals surface area contributed by atoms with Crippen LogP contribution in [0.25, 0.3) is 0 Å². The summed E-state index contributed by atoms with van der Waals surface area (Å²) >= 11 is 1.56. The normalized spacial score (nSPS) is 12.5. The Bertz CT molecular complexity index is 1020. The third-order valence-electron chi connectivity index (χ3n) is 4.43. The van der Waals surface area contributed by atoms with Crippen LogP contribution in [0, 0.1) is 0 Å². The molecule has 0 saturated heterocycles. The van der Waals surface area contributed by atoms with Crippen LogP contribution >= 0.6 is 11.3 Å². The van der Waals surface area contributed by atoms with E-state index in [1.807, 2.05) is 42.6 Å². The maximum atomic E-state index is 12.9. The molecule has 3 rings (SSSR count). The standard InChI is InChI=1S/C21H24N2O3S2/c1-4-21-22-19(15-27-21)20(13-16-9-6-5-7-10-16)23(28(3,24)25)17-11-8-12-18(14-17)26-2/h5-12,14-15,20H,4,13H2,1-3H3. The van der Waals surface area contributed by atoms with Crippen molar-refractivity contribution >= 4 is 27.0 Å². The number of anilines is 1. The molecule has 0 bridgehead atoms. The van der Waals surface area contributed by atoms with E-state index in [0.29, 0.717) is 17.9 Å². The highest BCUT2D eigenvalue weighted by Gasteiger charge is 2.30. The largest absolute Gasteiger partial charge is 0.497 e. The van der Waals surface area contributed by atoms with Gasteiger partial charge in [-0.05, 0) is 30.5 Å². The minimum atomic E-state index is -3.57. The van der Waals surface area contributed by atoms with E-state index in [1.54, 1.807) is 42.7 Å². The van der Waals surface area contributed by atoms with Crippen LogP contribution in [0.4, 0.5) is 5.69 Å². The molecule has 28 heavy (non-hydrogen) atoms. The van der Waals surface area contributed by atoms with E-state index in [2.05, 4.69) is 0 Å². The molecule has 1 unspecified atom stereocenters. The number of ether oxygens (including phenoxy) is 1. The molecule has 0 fully saturated rings. The predicted octanol–water partition coefficient (Wildman–Crippen LogP) is 4.46. The molecule has 0 spiro atoms. The Kier molecular flexibility index (Phi) is 6.36. The van der Waals surface area contributed by atoms with E-state index < -0.39 is 16.1 Å². The third kappa shape index (κ3) is 4.72. The number of methoxy groups -OCH3 is 1. The topological polar surface area (TPSA) is 59.5 Å². The Morgan fingerprint density at radius 3 is 2.50 bits per heavy atom. The molecule has 0 N–H and O–H groups in total. The van der Waals surface area contributed by atoms with Gasteiger partial charge in [0, 0.05) is 11.4 Å². The number of nitrogens with zero attached hydrogens (tertiary/aromatic N) is 2. The number of thiazole rings is 1. The molecule has 0 radical (unpaired) electrons. The Labute approximate surface area is 170 Å². The van der Waals surface area contributed by atoms with Gasteiger partial charge in [-0.3, -0.25) is 4.31 Å². The van der Waals surface area contributed by atoms with Gasteiger partial charge < -0.3 is 4.74 Å². The maximum absolute atomic E-state index is 12.9. The molecule has 0 aliphatic rings. The van der Waals surface area contributed by atoms with Crippen LogP contribution < -0.4 is 9.04 Å². The second-order valence-corrected chi connectivity index (χ2v) is 9.29. The van der Waals surface area contributed by atoms with Crippen LogP contribution in [-0.4, -0.2) is 26.8 Å². The van der Waals surface area contributed by atoms with Crippen LogP contribution in [0.1, 0.15) is 29.2 Å². The summed E-state index contributed by atoms with van der Waals surface area (Å²) in [5.41, 5.74) is 2.38. The number of aromatic nitrogens is 1. The van der Waals surface area contributed by atoms with E-state index in [0.717, 1.165) is 22.7 Å². The Hall–Kier alpha value is -2.38. The average Bonchev–Trinajstić information content (AvgIpc) is 3.16. The van der Waals surface area contributed by atoms with Crippen LogP contribution in [-0.2, 0) is 22.9 Å². The molecule has 1 aromatic heterocycles. The lowest BCUT2D eigenvalue weighted by atomic mass is 10.0. The monoisotopic (exact) mass is 416 g/mol. The summed E-state index contributed by atoms with van der Waals surface area (Å²) < 4.78 is 32.5. The van der Waals surface area contributed by atoms with Crippen molar-refractivity contribution in [1.82, 2.24) is 4.98 Å². The van der Waals surface area contributed by atoms with Crippen molar-refractivity contribution in [2.24, 2.45) is 0 Å². The van der Waals surface area contributed by atoms with Gasteiger partial charge in [0.2, 0.25) is 10.0 Å². The molecular weight excluding hydrogens is 392 g/mol. The van der Waals surface area contributed by atoms with Gasteiger partial charge >= 0.3 is 0 Å². The summed E-state index contributed by atoms with van der Waals surface area (Å²) in [6, 6.07) is 16.6. The van der Waals surface area contributed by atoms with E-state index in [-0.39, 0.29) is 0 Å². The summed E-state index contributed by atoms with van der Waals surface area (Å²) in [6.07, 6.45) is 2.58. The highest BCUT2D eigenvalue weighted by atomic mass is 32.2. The first kappa shape index (κ1) is 20.4. The maximum Gasteiger partial charge on any atom is 0.232 e. The SMILES string of the molecule is CCc1nc(C(Cc2ccccc2)N(c2cccc(OC)c2)S(C)(=O)=O)cs1. The third-order valence-corrected chi connectivity index (χ3v) is 6.62. The molecule has 5 nitrogen and oxygen atoms in total. The van der Waals surface area contributed by atoms with Gasteiger partial charge in [0.05, 0.1) is 35.8 Å². The van der Waals surface area contributed by atoms with Gasteiger partial charge in [0.1, 0.15) is 5.75 Å². The molecule has 0 saturated carbocycles. The van der Waals surface area contributed by atoms with Gasteiger partial charge in [-0.1, -0.05) is 43.3 Å². The predicted molar refractivity (Wildman–Crippen MR) is 115 cm³/mol. The van der Waals surface area contributed by atoms with Crippen molar-refractivity contribution in [3.8, 4) is 5.75 Å². The summed E-state index contributed by atoms with van der Waals surface area (Å²) in [4.78, 5) is 4.71. The van der Waals surface area contributed by atoms with Crippen LogP contribution in [0.3, 0.4) is 0 Å². The first-order chi connectivity index (χ1) is 13.4. The number of rotatable bonds is 8. The minimum Gasteiger partial charge on any atom is -0.497 e. The number of aryl methyl sites for hydroxylation is 1. The van der Waals surface area contributed by atoms with Gasteiger partial charge in [-0.25, -0.2) is 13.4 Å². The average molecular weight is 417 g/mol. The summed E-state index contributed by atoms with van der Waals surface area (Å²) in [5.74, 6) is 0.608. The molecule has 2 aromatic carbocycles. The minimum absolute atomic E-state index is 0.443. The smallest absolute Gasteiger partial charge is 0.232 e. The van der Waals surface area contributed by atoms with Gasteiger partial charge in [-0.2, -0.15) is 0 Å². The van der Waals surface area contributed by atoms with Crippen molar-refractivity contribution in [2.75, 3.05) is 17.7 Å². The number of sulfonamides is 1. The second kappa shape index (κ2) is 8.75. The van der Waals surface area contributed by atoms with E-state index in [9.17, 15) is 8.42 Å². The van der Waals surface area contributed by atoms with Gasteiger partial charge in [-0.15, -0.1) is 11.3 Å². The molecule has 0 aliphatic heterocycles. The van der Waals surface area contributed by atoms with Gasteiger partial charge in [0.25, 0.3) is 0 Å². The molecule has 0 aliphatic carbocycles. The molecule has 1 heterocycles. The molecular formula is C21H24N2O3S2. The van der Waals surface area contributed by atoms with Crippen molar-refractivity contribution in [3.05, 3.63) is 76.2 Å². The van der Waals surface area contributed by atoms with Crippen molar-refractivity contribution in [3.63, 3.8) is 0 Å². The molecule has 0 amide bonds. The van der Waals surface area contributed by atoms with Crippen molar-refractivity contribution in [1.29, 1.82) is 0 Å². The zero-order valence-corrected chi connectivity index (χ0v) is 17.8. The first-order valence-electron chi connectivity index (χ1n) is 9.04. The molecule has 1 atom stereocenters. The lowest BCUT2D eigenvalue weighted by molar-refractivity contribution is 0.415. The Balaban J connectivity index is 2.12.